The van der Waals surface area contributed by atoms with Crippen molar-refractivity contribution in [3.63, 3.8) is 0 Å². The van der Waals surface area contributed by atoms with Crippen LogP contribution in [-0.2, 0) is 0 Å². The van der Waals surface area contributed by atoms with Crippen LogP contribution in [0.1, 0.15) is 34.6 Å². The minimum absolute atomic E-state index is 0.124. The van der Waals surface area contributed by atoms with Crippen LogP contribution in [-0.4, -0.2) is 25.8 Å². The van der Waals surface area contributed by atoms with E-state index in [9.17, 15) is 0 Å². The molecule has 0 aliphatic carbocycles. The van der Waals surface area contributed by atoms with Gasteiger partial charge in [0, 0.05) is 12.7 Å². The maximum atomic E-state index is 6.31. The Morgan fingerprint density at radius 1 is 1.22 bits per heavy atom. The summed E-state index contributed by atoms with van der Waals surface area (Å²) in [5, 5.41) is 3.24. The van der Waals surface area contributed by atoms with Crippen molar-refractivity contribution < 1.29 is 0 Å². The average molecular weight is 316 g/mol. The molecule has 1 atom stereocenters. The van der Waals surface area contributed by atoms with Crippen LogP contribution >= 0.6 is 0 Å². The summed E-state index contributed by atoms with van der Waals surface area (Å²) in [5.41, 5.74) is 11.1. The lowest BCUT2D eigenvalue weighted by atomic mass is 9.95. The van der Waals surface area contributed by atoms with Gasteiger partial charge in [-0.2, -0.15) is 0 Å². The fourth-order valence-corrected chi connectivity index (χ4v) is 2.11. The van der Waals surface area contributed by atoms with Crippen LogP contribution < -0.4 is 11.1 Å². The van der Waals surface area contributed by atoms with E-state index < -0.39 is 0 Å². The Morgan fingerprint density at radius 3 is 2.22 bits per heavy atom. The number of nitrogens with one attached hydrogen (secondary N) is 1. The monoisotopic (exact) mass is 315 g/mol. The van der Waals surface area contributed by atoms with Gasteiger partial charge in [0.05, 0.1) is 11.8 Å². The van der Waals surface area contributed by atoms with Crippen molar-refractivity contribution in [3.8, 4) is 0 Å². The van der Waals surface area contributed by atoms with Crippen LogP contribution in [0, 0.1) is 5.92 Å². The summed E-state index contributed by atoms with van der Waals surface area (Å²) in [6.45, 7) is 14.6. The number of nitrogens with zero attached hydrogens (tertiary/aromatic N) is 1. The van der Waals surface area contributed by atoms with Crippen molar-refractivity contribution in [1.82, 2.24) is 5.32 Å². The highest BCUT2D eigenvalue weighted by Gasteiger charge is 2.15. The third-order valence-corrected chi connectivity index (χ3v) is 3.32. The van der Waals surface area contributed by atoms with Gasteiger partial charge in [0.25, 0.3) is 0 Å². The molecule has 23 heavy (non-hydrogen) atoms. The lowest BCUT2D eigenvalue weighted by Crippen LogP contribution is -2.34. The van der Waals surface area contributed by atoms with Crippen LogP contribution in [0.5, 0.6) is 0 Å². The second-order valence-electron chi connectivity index (χ2n) is 6.11. The fourth-order valence-electron chi connectivity index (χ4n) is 2.11. The molecule has 0 amide bonds. The number of likely N-dealkylation sites (N-methyl/N-ethyl adjacent to an activating group) is 1. The van der Waals surface area contributed by atoms with Crippen molar-refractivity contribution in [2.24, 2.45) is 16.6 Å². The Labute approximate surface area is 142 Å². The first kappa shape index (κ1) is 21.1. The van der Waals surface area contributed by atoms with Crippen molar-refractivity contribution in [3.05, 3.63) is 59.4 Å². The largest absolute Gasteiger partial charge is 0.400 e. The first-order valence-electron chi connectivity index (χ1n) is 8.06. The number of aliphatic imine (C=N–C) groups is 1. The molecule has 0 spiro atoms. The molecule has 0 rings (SSSR count). The number of nitrogens with two attached hydrogens (primary N) is 1. The van der Waals surface area contributed by atoms with Gasteiger partial charge in [0.1, 0.15) is 0 Å². The molecule has 0 saturated carbocycles. The lowest BCUT2D eigenvalue weighted by molar-refractivity contribution is 0.718. The van der Waals surface area contributed by atoms with Gasteiger partial charge in [-0.25, -0.2) is 0 Å². The Balaban J connectivity index is 5.48. The van der Waals surface area contributed by atoms with Crippen molar-refractivity contribution in [2.45, 2.75) is 40.7 Å². The molecule has 128 valence electrons. The highest BCUT2D eigenvalue weighted by atomic mass is 14.9. The minimum atomic E-state index is -0.124. The number of hydrogen-bond donors (Lipinski definition) is 2. The van der Waals surface area contributed by atoms with Crippen LogP contribution in [0.2, 0.25) is 0 Å². The average Bonchev–Trinajstić information content (AvgIpc) is 2.48. The molecular weight excluding hydrogens is 282 g/mol. The van der Waals surface area contributed by atoms with Crippen LogP contribution in [0.25, 0.3) is 0 Å². The second-order valence-corrected chi connectivity index (χ2v) is 6.11. The maximum Gasteiger partial charge on any atom is 0.0722 e. The molecule has 0 fully saturated rings. The van der Waals surface area contributed by atoms with E-state index in [0.29, 0.717) is 11.6 Å². The lowest BCUT2D eigenvalue weighted by Gasteiger charge is -2.21. The fraction of sp³-hybridized carbons (Fsp3) is 0.450. The van der Waals surface area contributed by atoms with Crippen molar-refractivity contribution >= 4 is 5.71 Å². The van der Waals surface area contributed by atoms with Crippen molar-refractivity contribution in [1.29, 1.82) is 0 Å². The molecule has 0 aromatic rings. The Kier molecular flexibility index (Phi) is 9.91. The standard InChI is InChI=1S/C20H33N3/c1-9-17(12-15(4)5)16(6)20(23-8)19(21)13-18(22-7)11-10-14(2)3/h9-14,20,23H,6,21H2,1-5,7-8H3/b11-10-,17-9+,19-13?,22-18?. The third kappa shape index (κ3) is 7.80. The van der Waals surface area contributed by atoms with E-state index in [0.717, 1.165) is 16.9 Å². The molecule has 0 aromatic heterocycles. The van der Waals surface area contributed by atoms with E-state index in [1.54, 1.807) is 7.05 Å². The molecule has 3 heteroatoms. The molecule has 0 saturated heterocycles. The van der Waals surface area contributed by atoms with Gasteiger partial charge in [0.15, 0.2) is 0 Å². The van der Waals surface area contributed by atoms with Gasteiger partial charge in [-0.15, -0.1) is 0 Å². The summed E-state index contributed by atoms with van der Waals surface area (Å²) in [6.07, 6.45) is 10.2. The predicted octanol–water partition coefficient (Wildman–Crippen LogP) is 4.17. The Hall–Kier alpha value is -1.87. The zero-order chi connectivity index (χ0) is 18.0. The van der Waals surface area contributed by atoms with Crippen LogP contribution in [0.3, 0.4) is 0 Å². The first-order chi connectivity index (χ1) is 10.8. The molecule has 0 aromatic carbocycles. The molecule has 0 aliphatic rings. The molecule has 0 bridgehead atoms. The topological polar surface area (TPSA) is 50.4 Å². The van der Waals surface area contributed by atoms with E-state index in [2.05, 4.69) is 62.8 Å². The SMILES string of the molecule is C=C(/C(C=C(C)C)=C/C)C(NC)C(N)=CC(/C=C\C(C)C)=NC. The van der Waals surface area contributed by atoms with Gasteiger partial charge in [-0.1, -0.05) is 44.2 Å². The summed E-state index contributed by atoms with van der Waals surface area (Å²) in [7, 11) is 3.66. The van der Waals surface area contributed by atoms with Gasteiger partial charge in [0.2, 0.25) is 0 Å². The summed E-state index contributed by atoms with van der Waals surface area (Å²) >= 11 is 0. The second kappa shape index (κ2) is 10.8. The third-order valence-electron chi connectivity index (χ3n) is 3.32. The normalized spacial score (nSPS) is 15.2. The van der Waals surface area contributed by atoms with Gasteiger partial charge < -0.3 is 11.1 Å². The summed E-state index contributed by atoms with van der Waals surface area (Å²) in [5.74, 6) is 0.476. The quantitative estimate of drug-likeness (QED) is 0.522. The highest BCUT2D eigenvalue weighted by molar-refractivity contribution is 6.04. The van der Waals surface area contributed by atoms with Crippen LogP contribution in [0.15, 0.2) is 64.4 Å². The number of rotatable bonds is 8. The van der Waals surface area contributed by atoms with Gasteiger partial charge >= 0.3 is 0 Å². The molecule has 1 unspecified atom stereocenters. The molecular formula is C20H33N3. The van der Waals surface area contributed by atoms with E-state index in [1.807, 2.05) is 26.1 Å². The van der Waals surface area contributed by atoms with Crippen LogP contribution in [0.4, 0.5) is 0 Å². The Bertz CT molecular complexity index is 539. The summed E-state index contributed by atoms with van der Waals surface area (Å²) < 4.78 is 0. The Morgan fingerprint density at radius 2 is 1.83 bits per heavy atom. The molecule has 3 N–H and O–H groups in total. The highest BCUT2D eigenvalue weighted by Crippen LogP contribution is 2.19. The zero-order valence-corrected chi connectivity index (χ0v) is 15.8. The van der Waals surface area contributed by atoms with E-state index in [-0.39, 0.29) is 6.04 Å². The maximum absolute atomic E-state index is 6.31. The smallest absolute Gasteiger partial charge is 0.0722 e. The van der Waals surface area contributed by atoms with E-state index >= 15 is 0 Å². The molecule has 0 radical (unpaired) electrons. The minimum Gasteiger partial charge on any atom is -0.400 e. The predicted molar refractivity (Wildman–Crippen MR) is 105 cm³/mol. The van der Waals surface area contributed by atoms with E-state index in [1.165, 1.54) is 5.57 Å². The van der Waals surface area contributed by atoms with Gasteiger partial charge in [-0.05, 0) is 57.0 Å². The molecule has 0 heterocycles. The summed E-state index contributed by atoms with van der Waals surface area (Å²) in [6, 6.07) is -0.124. The number of hydrogen-bond acceptors (Lipinski definition) is 3. The van der Waals surface area contributed by atoms with E-state index in [4.69, 9.17) is 5.73 Å². The molecule has 3 nitrogen and oxygen atoms in total. The summed E-state index contributed by atoms with van der Waals surface area (Å²) in [4.78, 5) is 4.28. The zero-order valence-electron chi connectivity index (χ0n) is 15.8. The molecule has 0 aliphatic heterocycles. The number of allylic oxidation sites excluding steroid dienone is 6. The van der Waals surface area contributed by atoms with Gasteiger partial charge in [-0.3, -0.25) is 4.99 Å². The van der Waals surface area contributed by atoms with Crippen molar-refractivity contribution in [2.75, 3.05) is 14.1 Å². The first-order valence-corrected chi connectivity index (χ1v) is 8.06.